The predicted molar refractivity (Wildman–Crippen MR) is 120 cm³/mol. The van der Waals surface area contributed by atoms with Crippen LogP contribution in [0.2, 0.25) is 0 Å². The van der Waals surface area contributed by atoms with E-state index in [1.54, 1.807) is 24.3 Å². The highest BCUT2D eigenvalue weighted by Crippen LogP contribution is 2.24. The number of carbonyl (C=O) groups is 1. The lowest BCUT2D eigenvalue weighted by Gasteiger charge is -2.23. The zero-order chi connectivity index (χ0) is 25.2. The fraction of sp³-hybridized carbons (Fsp3) is 0.217. The summed E-state index contributed by atoms with van der Waals surface area (Å²) in [7, 11) is -4.05. The highest BCUT2D eigenvalue weighted by molar-refractivity contribution is 7.90. The molecule has 1 atom stereocenters. The van der Waals surface area contributed by atoms with Crippen molar-refractivity contribution in [2.75, 3.05) is 6.67 Å². The Balaban J connectivity index is 1.50. The minimum Gasteiger partial charge on any atom is -0.406 e. The van der Waals surface area contributed by atoms with Crippen molar-refractivity contribution in [3.05, 3.63) is 88.2 Å². The van der Waals surface area contributed by atoms with Gasteiger partial charge in [-0.05, 0) is 55.8 Å². The van der Waals surface area contributed by atoms with Crippen LogP contribution in [-0.2, 0) is 14.8 Å². The van der Waals surface area contributed by atoms with E-state index in [-0.39, 0.29) is 35.3 Å². The van der Waals surface area contributed by atoms with E-state index in [2.05, 4.69) is 25.1 Å². The van der Waals surface area contributed by atoms with Gasteiger partial charge in [-0.2, -0.15) is 0 Å². The molecule has 1 amide bonds. The van der Waals surface area contributed by atoms with E-state index in [9.17, 15) is 26.4 Å². The Morgan fingerprint density at radius 2 is 1.91 bits per heavy atom. The Morgan fingerprint density at radius 3 is 2.57 bits per heavy atom. The second-order valence-electron chi connectivity index (χ2n) is 7.85. The number of halogens is 3. The van der Waals surface area contributed by atoms with Gasteiger partial charge in [0.2, 0.25) is 0 Å². The second kappa shape index (κ2) is 9.45. The van der Waals surface area contributed by atoms with Gasteiger partial charge in [0.15, 0.2) is 0 Å². The lowest BCUT2D eigenvalue weighted by Crippen LogP contribution is -2.46. The summed E-state index contributed by atoms with van der Waals surface area (Å²) >= 11 is 0. The van der Waals surface area contributed by atoms with Gasteiger partial charge in [0.1, 0.15) is 18.2 Å². The summed E-state index contributed by atoms with van der Waals surface area (Å²) < 4.78 is 68.1. The van der Waals surface area contributed by atoms with Crippen LogP contribution in [0.25, 0.3) is 5.82 Å². The molecule has 12 heteroatoms. The van der Waals surface area contributed by atoms with Gasteiger partial charge in [-0.25, -0.2) is 13.1 Å². The summed E-state index contributed by atoms with van der Waals surface area (Å²) in [6, 6.07) is 10.4. The maximum absolute atomic E-state index is 12.6. The number of hydrogen-bond donors (Lipinski definition) is 3. The van der Waals surface area contributed by atoms with Crippen LogP contribution in [0.15, 0.2) is 76.3 Å². The van der Waals surface area contributed by atoms with Gasteiger partial charge in [-0.3, -0.25) is 9.79 Å². The molecule has 8 nitrogen and oxygen atoms in total. The molecule has 4 rings (SSSR count). The van der Waals surface area contributed by atoms with Crippen LogP contribution in [0.3, 0.4) is 0 Å². The fourth-order valence-electron chi connectivity index (χ4n) is 3.50. The molecule has 0 radical (unpaired) electrons. The Labute approximate surface area is 198 Å². The number of hydrogen-bond acceptors (Lipinski definition) is 7. The predicted octanol–water partition coefficient (Wildman–Crippen LogP) is 1.70. The van der Waals surface area contributed by atoms with Gasteiger partial charge >= 0.3 is 6.36 Å². The number of alkyl halides is 3. The quantitative estimate of drug-likeness (QED) is 0.551. The van der Waals surface area contributed by atoms with E-state index in [4.69, 9.17) is 0 Å². The van der Waals surface area contributed by atoms with Crippen LogP contribution in [0, 0.1) is 6.92 Å². The number of allylic oxidation sites excluding steroid dienone is 1. The Bertz CT molecular complexity index is 1430. The molecule has 0 fully saturated rings. The molecule has 1 aliphatic heterocycles. The summed E-state index contributed by atoms with van der Waals surface area (Å²) in [6.45, 7) is 2.01. The Kier molecular flexibility index (Phi) is 6.57. The van der Waals surface area contributed by atoms with Crippen molar-refractivity contribution >= 4 is 21.8 Å². The third-order valence-corrected chi connectivity index (χ3v) is 6.57. The first kappa shape index (κ1) is 24.3. The van der Waals surface area contributed by atoms with Crippen LogP contribution in [0.1, 0.15) is 22.3 Å². The summed E-state index contributed by atoms with van der Waals surface area (Å²) in [6.07, 6.45) is -0.358. The minimum absolute atomic E-state index is 0.0264. The molecule has 3 N–H and O–H groups in total. The standard InChI is InChI=1S/C23H21F3N4O4S/c1-14-2-9-18(10-3-14)35(32,33)30-22(31)15-4-11-19-20(12-15)27-13-28-21(19)29-16-5-7-17(8-6-16)34-23(24,25)26/h2-5,7-12,16,28-29H,6,13H2,1H3,(H,30,31). The van der Waals surface area contributed by atoms with Gasteiger partial charge in [-0.15, -0.1) is 13.2 Å². The first-order chi connectivity index (χ1) is 16.5. The molecule has 0 bridgehead atoms. The molecule has 35 heavy (non-hydrogen) atoms. The number of rotatable bonds is 6. The number of sulfonamides is 1. The first-order valence-corrected chi connectivity index (χ1v) is 12.0. The molecule has 1 unspecified atom stereocenters. The smallest absolute Gasteiger partial charge is 0.406 e. The zero-order valence-electron chi connectivity index (χ0n) is 18.4. The molecule has 0 aromatic heterocycles. The van der Waals surface area contributed by atoms with Crippen LogP contribution < -0.4 is 25.9 Å². The number of benzene rings is 2. The lowest BCUT2D eigenvalue weighted by atomic mass is 10.1. The number of fused-ring (bicyclic) bond motifs is 1. The summed E-state index contributed by atoms with van der Waals surface area (Å²) in [5.74, 6) is -0.490. The number of nitrogens with zero attached hydrogens (tertiary/aromatic N) is 1. The van der Waals surface area contributed by atoms with Crippen molar-refractivity contribution < 1.29 is 31.1 Å². The molecule has 1 heterocycles. The highest BCUT2D eigenvalue weighted by atomic mass is 32.2. The molecule has 184 valence electrons. The molecular formula is C23H21F3N4O4S. The number of aryl methyl sites for hydroxylation is 1. The first-order valence-electron chi connectivity index (χ1n) is 10.5. The number of nitrogens with one attached hydrogen (secondary N) is 3. The molecule has 2 aliphatic rings. The van der Waals surface area contributed by atoms with E-state index >= 15 is 0 Å². The van der Waals surface area contributed by atoms with Gasteiger partial charge in [0.05, 0.1) is 10.3 Å². The van der Waals surface area contributed by atoms with Crippen molar-refractivity contribution in [1.29, 1.82) is 0 Å². The highest BCUT2D eigenvalue weighted by Gasteiger charge is 2.32. The third-order valence-electron chi connectivity index (χ3n) is 5.22. The fourth-order valence-corrected chi connectivity index (χ4v) is 4.48. The van der Waals surface area contributed by atoms with E-state index in [1.165, 1.54) is 36.4 Å². The number of carbonyl (C=O) groups excluding carboxylic acids is 1. The average molecular weight is 507 g/mol. The molecular weight excluding hydrogens is 485 g/mol. The number of amides is 1. The third kappa shape index (κ3) is 6.01. The Morgan fingerprint density at radius 1 is 1.17 bits per heavy atom. The van der Waals surface area contributed by atoms with E-state index in [1.807, 2.05) is 6.92 Å². The minimum atomic E-state index is -4.75. The zero-order valence-corrected chi connectivity index (χ0v) is 19.2. The van der Waals surface area contributed by atoms with Crippen molar-refractivity contribution in [3.63, 3.8) is 0 Å². The van der Waals surface area contributed by atoms with Gasteiger partial charge in [0.25, 0.3) is 15.9 Å². The maximum Gasteiger partial charge on any atom is 0.573 e. The normalized spacial score (nSPS) is 17.4. The van der Waals surface area contributed by atoms with E-state index in [0.29, 0.717) is 16.4 Å². The Hall–Kier alpha value is -3.80. The largest absolute Gasteiger partial charge is 0.573 e. The topological polar surface area (TPSA) is 109 Å². The van der Waals surface area contributed by atoms with Crippen molar-refractivity contribution in [3.8, 4) is 0 Å². The molecule has 0 saturated heterocycles. The molecule has 0 saturated carbocycles. The average Bonchev–Trinajstić information content (AvgIpc) is 2.79. The van der Waals surface area contributed by atoms with Crippen molar-refractivity contribution in [1.82, 2.24) is 15.4 Å². The van der Waals surface area contributed by atoms with Crippen molar-refractivity contribution in [2.45, 2.75) is 30.6 Å². The molecule has 0 spiro atoms. The van der Waals surface area contributed by atoms with Crippen molar-refractivity contribution in [2.24, 2.45) is 4.99 Å². The van der Waals surface area contributed by atoms with Crippen LogP contribution in [0.4, 0.5) is 13.2 Å². The summed E-state index contributed by atoms with van der Waals surface area (Å²) in [4.78, 5) is 16.9. The van der Waals surface area contributed by atoms with E-state index in [0.717, 1.165) is 5.56 Å². The monoisotopic (exact) mass is 506 g/mol. The molecule has 2 aromatic carbocycles. The van der Waals surface area contributed by atoms with Gasteiger partial charge in [-0.1, -0.05) is 23.8 Å². The van der Waals surface area contributed by atoms with Crippen LogP contribution >= 0.6 is 0 Å². The number of ether oxygens (including phenoxy) is 1. The maximum atomic E-state index is 12.6. The second-order valence-corrected chi connectivity index (χ2v) is 9.53. The molecule has 2 aromatic rings. The summed E-state index contributed by atoms with van der Waals surface area (Å²) in [5.41, 5.74) is 0.995. The summed E-state index contributed by atoms with van der Waals surface area (Å²) in [5, 5.41) is 7.34. The van der Waals surface area contributed by atoms with Crippen LogP contribution in [-0.4, -0.2) is 33.4 Å². The van der Waals surface area contributed by atoms with Gasteiger partial charge in [0, 0.05) is 16.8 Å². The molecule has 1 aliphatic carbocycles. The van der Waals surface area contributed by atoms with E-state index < -0.39 is 22.3 Å². The SMILES string of the molecule is Cc1ccc(S(=O)(=O)NC(=O)c2ccc3c(c2)=NCNC=3NC2C=CC(OC(F)(F)F)=CC2)cc1. The van der Waals surface area contributed by atoms with Crippen LogP contribution in [0.5, 0.6) is 0 Å². The lowest BCUT2D eigenvalue weighted by molar-refractivity contribution is -0.303. The van der Waals surface area contributed by atoms with Gasteiger partial charge < -0.3 is 15.4 Å².